The number of benzene rings is 2. The molecule has 4 nitrogen and oxygen atoms in total. The van der Waals surface area contributed by atoms with Gasteiger partial charge in [0.1, 0.15) is 5.52 Å². The highest BCUT2D eigenvalue weighted by Crippen LogP contribution is 2.27. The molecule has 1 N–H and O–H groups in total. The number of nitrogens with zero attached hydrogens (tertiary/aromatic N) is 1. The molecule has 124 valence electrons. The van der Waals surface area contributed by atoms with Gasteiger partial charge < -0.3 is 9.73 Å². The van der Waals surface area contributed by atoms with E-state index in [4.69, 9.17) is 4.42 Å². The Hall–Kier alpha value is -2.27. The Morgan fingerprint density at radius 3 is 2.46 bits per heavy atom. The number of hydrogen-bond donors (Lipinski definition) is 1. The Balaban J connectivity index is 1.63. The van der Waals surface area contributed by atoms with Gasteiger partial charge in [0.25, 0.3) is 5.22 Å². The summed E-state index contributed by atoms with van der Waals surface area (Å²) in [5, 5.41) is 3.14. The van der Waals surface area contributed by atoms with Crippen molar-refractivity contribution in [2.24, 2.45) is 0 Å². The summed E-state index contributed by atoms with van der Waals surface area (Å²) in [4.78, 5) is 16.7. The molecule has 0 bridgehead atoms. The predicted octanol–water partition coefficient (Wildman–Crippen LogP) is 5.07. The average molecular weight is 340 g/mol. The van der Waals surface area contributed by atoms with E-state index < -0.39 is 0 Å². The lowest BCUT2D eigenvalue weighted by molar-refractivity contribution is -0.115. The fourth-order valence-electron chi connectivity index (χ4n) is 2.30. The van der Waals surface area contributed by atoms with Gasteiger partial charge in [0.2, 0.25) is 5.91 Å². The number of rotatable bonds is 5. The van der Waals surface area contributed by atoms with Crippen molar-refractivity contribution in [1.82, 2.24) is 4.98 Å². The van der Waals surface area contributed by atoms with Crippen LogP contribution in [0.25, 0.3) is 11.1 Å². The number of carbonyl (C=O) groups excluding carboxylic acids is 1. The molecule has 0 saturated carbocycles. The first kappa shape index (κ1) is 16.6. The second kappa shape index (κ2) is 7.09. The number of oxazole rings is 1. The fourth-order valence-corrected chi connectivity index (χ4v) is 3.06. The summed E-state index contributed by atoms with van der Waals surface area (Å²) in [6.07, 6.45) is 0. The molecule has 5 heteroatoms. The maximum Gasteiger partial charge on any atom is 0.257 e. The maximum atomic E-state index is 12.3. The van der Waals surface area contributed by atoms with Crippen LogP contribution >= 0.6 is 11.8 Å². The van der Waals surface area contributed by atoms with E-state index >= 15 is 0 Å². The Morgan fingerprint density at radius 2 is 1.79 bits per heavy atom. The van der Waals surface area contributed by atoms with Crippen LogP contribution in [-0.2, 0) is 4.79 Å². The summed E-state index contributed by atoms with van der Waals surface area (Å²) in [6, 6.07) is 15.5. The predicted molar refractivity (Wildman–Crippen MR) is 98.5 cm³/mol. The lowest BCUT2D eigenvalue weighted by Crippen LogP contribution is -2.22. The summed E-state index contributed by atoms with van der Waals surface area (Å²) in [7, 11) is 0. The summed E-state index contributed by atoms with van der Waals surface area (Å²) in [5.41, 5.74) is 3.59. The Morgan fingerprint density at radius 1 is 1.08 bits per heavy atom. The Kier molecular flexibility index (Phi) is 4.90. The minimum absolute atomic E-state index is 0.0699. The molecular formula is C19H20N2O2S. The van der Waals surface area contributed by atoms with E-state index in [1.165, 1.54) is 17.3 Å². The number of amides is 1. The van der Waals surface area contributed by atoms with Gasteiger partial charge in [-0.2, -0.15) is 0 Å². The van der Waals surface area contributed by atoms with Crippen molar-refractivity contribution in [3.05, 3.63) is 54.1 Å². The Bertz CT molecular complexity index is 807. The molecule has 0 aliphatic carbocycles. The molecule has 1 atom stereocenters. The number of para-hydroxylation sites is 2. The summed E-state index contributed by atoms with van der Waals surface area (Å²) in [6.45, 7) is 6.14. The molecule has 3 aromatic rings. The van der Waals surface area contributed by atoms with E-state index in [-0.39, 0.29) is 11.2 Å². The molecule has 2 aromatic carbocycles. The van der Waals surface area contributed by atoms with Crippen molar-refractivity contribution in [3.8, 4) is 0 Å². The standard InChI is InChI=1S/C19H20N2O2S/c1-12(2)14-8-10-15(11-9-14)20-18(22)13(3)24-19-21-16-6-4-5-7-17(16)23-19/h4-13H,1-3H3,(H,20,22)/t13-/m0/s1. The van der Waals surface area contributed by atoms with Gasteiger partial charge in [-0.25, -0.2) is 4.98 Å². The van der Waals surface area contributed by atoms with Crippen molar-refractivity contribution in [1.29, 1.82) is 0 Å². The third kappa shape index (κ3) is 3.79. The normalized spacial score (nSPS) is 12.5. The first-order valence-electron chi connectivity index (χ1n) is 7.96. The van der Waals surface area contributed by atoms with Crippen LogP contribution in [0.5, 0.6) is 0 Å². The van der Waals surface area contributed by atoms with Gasteiger partial charge in [-0.1, -0.05) is 49.9 Å². The van der Waals surface area contributed by atoms with Crippen LogP contribution in [0.1, 0.15) is 32.3 Å². The van der Waals surface area contributed by atoms with E-state index in [1.807, 2.05) is 55.5 Å². The van der Waals surface area contributed by atoms with Gasteiger partial charge in [0.15, 0.2) is 5.58 Å². The summed E-state index contributed by atoms with van der Waals surface area (Å²) >= 11 is 1.31. The molecule has 0 saturated heterocycles. The van der Waals surface area contributed by atoms with Crippen LogP contribution in [0.15, 0.2) is 58.2 Å². The molecule has 0 aliphatic rings. The first-order valence-corrected chi connectivity index (χ1v) is 8.84. The van der Waals surface area contributed by atoms with E-state index in [2.05, 4.69) is 24.1 Å². The van der Waals surface area contributed by atoms with Gasteiger partial charge in [-0.05, 0) is 42.7 Å². The maximum absolute atomic E-state index is 12.3. The van der Waals surface area contributed by atoms with Crippen LogP contribution < -0.4 is 5.32 Å². The third-order valence-electron chi connectivity index (χ3n) is 3.77. The van der Waals surface area contributed by atoms with Gasteiger partial charge in [-0.3, -0.25) is 4.79 Å². The SMILES string of the molecule is CC(C)c1ccc(NC(=O)[C@H](C)Sc2nc3ccccc3o2)cc1. The van der Waals surface area contributed by atoms with Crippen LogP contribution in [0.3, 0.4) is 0 Å². The van der Waals surface area contributed by atoms with Gasteiger partial charge in [-0.15, -0.1) is 0 Å². The molecular weight excluding hydrogens is 320 g/mol. The van der Waals surface area contributed by atoms with Crippen molar-refractivity contribution < 1.29 is 9.21 Å². The third-order valence-corrected chi connectivity index (χ3v) is 4.71. The van der Waals surface area contributed by atoms with Crippen LogP contribution in [-0.4, -0.2) is 16.1 Å². The lowest BCUT2D eigenvalue weighted by atomic mass is 10.0. The van der Waals surface area contributed by atoms with Crippen LogP contribution in [0, 0.1) is 0 Å². The highest BCUT2D eigenvalue weighted by Gasteiger charge is 2.18. The molecule has 1 aromatic heterocycles. The number of aromatic nitrogens is 1. The van der Waals surface area contributed by atoms with E-state index in [0.717, 1.165) is 16.8 Å². The molecule has 1 heterocycles. The number of thioether (sulfide) groups is 1. The summed E-state index contributed by atoms with van der Waals surface area (Å²) in [5.74, 6) is 0.406. The molecule has 0 radical (unpaired) electrons. The highest BCUT2D eigenvalue weighted by molar-refractivity contribution is 8.00. The molecule has 24 heavy (non-hydrogen) atoms. The number of nitrogens with one attached hydrogen (secondary N) is 1. The number of fused-ring (bicyclic) bond motifs is 1. The zero-order valence-electron chi connectivity index (χ0n) is 13.9. The molecule has 0 spiro atoms. The molecule has 0 unspecified atom stereocenters. The van der Waals surface area contributed by atoms with Gasteiger partial charge in [0.05, 0.1) is 5.25 Å². The van der Waals surface area contributed by atoms with Gasteiger partial charge in [0, 0.05) is 5.69 Å². The molecule has 1 amide bonds. The molecule has 3 rings (SSSR count). The summed E-state index contributed by atoms with van der Waals surface area (Å²) < 4.78 is 5.65. The number of anilines is 1. The van der Waals surface area contributed by atoms with Crippen molar-refractivity contribution in [2.45, 2.75) is 37.2 Å². The van der Waals surface area contributed by atoms with Crippen LogP contribution in [0.2, 0.25) is 0 Å². The lowest BCUT2D eigenvalue weighted by Gasteiger charge is -2.11. The van der Waals surface area contributed by atoms with Crippen molar-refractivity contribution in [3.63, 3.8) is 0 Å². The van der Waals surface area contributed by atoms with E-state index in [9.17, 15) is 4.79 Å². The Labute approximate surface area is 145 Å². The largest absolute Gasteiger partial charge is 0.431 e. The van der Waals surface area contributed by atoms with Gasteiger partial charge >= 0.3 is 0 Å². The van der Waals surface area contributed by atoms with Crippen LogP contribution in [0.4, 0.5) is 5.69 Å². The second-order valence-electron chi connectivity index (χ2n) is 5.97. The van der Waals surface area contributed by atoms with Crippen molar-refractivity contribution in [2.75, 3.05) is 5.32 Å². The highest BCUT2D eigenvalue weighted by atomic mass is 32.2. The zero-order valence-corrected chi connectivity index (χ0v) is 14.8. The molecule has 0 fully saturated rings. The molecule has 0 aliphatic heterocycles. The average Bonchev–Trinajstić information content (AvgIpc) is 2.97. The minimum Gasteiger partial charge on any atom is -0.431 e. The first-order chi connectivity index (χ1) is 11.5. The fraction of sp³-hybridized carbons (Fsp3) is 0.263. The zero-order chi connectivity index (χ0) is 17.1. The monoisotopic (exact) mass is 340 g/mol. The number of carbonyl (C=O) groups is 1. The number of hydrogen-bond acceptors (Lipinski definition) is 4. The topological polar surface area (TPSA) is 55.1 Å². The minimum atomic E-state index is -0.303. The van der Waals surface area contributed by atoms with E-state index in [1.54, 1.807) is 0 Å². The smallest absolute Gasteiger partial charge is 0.257 e. The second-order valence-corrected chi connectivity index (χ2v) is 7.27. The van der Waals surface area contributed by atoms with E-state index in [0.29, 0.717) is 11.1 Å². The quantitative estimate of drug-likeness (QED) is 0.659. The van der Waals surface area contributed by atoms with Crippen molar-refractivity contribution >= 4 is 34.5 Å².